The van der Waals surface area contributed by atoms with Crippen molar-refractivity contribution in [2.24, 2.45) is 0 Å². The molecule has 5 heteroatoms. The number of nitrogens with zero attached hydrogens (tertiary/aromatic N) is 4. The minimum absolute atomic E-state index is 0.584. The highest BCUT2D eigenvalue weighted by Crippen LogP contribution is 2.44. The third-order valence-corrected chi connectivity index (χ3v) is 12.4. The summed E-state index contributed by atoms with van der Waals surface area (Å²) in [6.45, 7) is 0. The Morgan fingerprint density at radius 1 is 0.323 bits per heavy atom. The maximum Gasteiger partial charge on any atom is 0.164 e. The number of furan rings is 1. The first-order valence-electron chi connectivity index (χ1n) is 20.9. The lowest BCUT2D eigenvalue weighted by atomic mass is 9.94. The summed E-state index contributed by atoms with van der Waals surface area (Å²) in [5, 5.41) is 11.3. The molecular formula is C57H34N4O. The molecule has 0 N–H and O–H groups in total. The van der Waals surface area contributed by atoms with Gasteiger partial charge in [-0.1, -0.05) is 170 Å². The van der Waals surface area contributed by atoms with Crippen LogP contribution >= 0.6 is 0 Å². The average Bonchev–Trinajstić information content (AvgIpc) is 3.88. The van der Waals surface area contributed by atoms with Crippen LogP contribution in [0.3, 0.4) is 0 Å². The van der Waals surface area contributed by atoms with Gasteiger partial charge in [-0.2, -0.15) is 0 Å². The molecule has 288 valence electrons. The fourth-order valence-corrected chi connectivity index (χ4v) is 9.64. The molecule has 0 saturated carbocycles. The summed E-state index contributed by atoms with van der Waals surface area (Å²) in [5.41, 5.74) is 10.0. The largest absolute Gasteiger partial charge is 0.456 e. The highest BCUT2D eigenvalue weighted by molar-refractivity contribution is 6.25. The monoisotopic (exact) mass is 790 g/mol. The van der Waals surface area contributed by atoms with Gasteiger partial charge in [-0.25, -0.2) is 15.0 Å². The van der Waals surface area contributed by atoms with Crippen LogP contribution in [0, 0.1) is 0 Å². The molecule has 13 rings (SSSR count). The van der Waals surface area contributed by atoms with E-state index in [1.165, 1.54) is 21.5 Å². The summed E-state index contributed by atoms with van der Waals surface area (Å²) in [4.78, 5) is 15.8. The SMILES string of the molecule is c1ccc(-c2nc(-c3ccc(-c4ccccc4)c4ccccc34)nc(-c3cccc4oc5cc(-n6c7ccccc7c7cc8ccccc8cc76)c6ccccc6c5c34)n2)cc1. The van der Waals surface area contributed by atoms with Crippen molar-refractivity contribution in [2.45, 2.75) is 0 Å². The summed E-state index contributed by atoms with van der Waals surface area (Å²) in [7, 11) is 0. The second-order valence-electron chi connectivity index (χ2n) is 15.9. The first kappa shape index (κ1) is 34.5. The lowest BCUT2D eigenvalue weighted by Gasteiger charge is -2.14. The number of rotatable bonds is 5. The first-order valence-corrected chi connectivity index (χ1v) is 20.9. The van der Waals surface area contributed by atoms with E-state index in [0.29, 0.717) is 17.5 Å². The Morgan fingerprint density at radius 2 is 0.903 bits per heavy atom. The van der Waals surface area contributed by atoms with E-state index in [-0.39, 0.29) is 0 Å². The fraction of sp³-hybridized carbons (Fsp3) is 0. The Bertz CT molecular complexity index is 3920. The molecule has 0 saturated heterocycles. The summed E-state index contributed by atoms with van der Waals surface area (Å²) in [5.74, 6) is 1.80. The molecule has 10 aromatic carbocycles. The molecule has 13 aromatic rings. The number of hydrogen-bond acceptors (Lipinski definition) is 4. The van der Waals surface area contributed by atoms with Gasteiger partial charge in [0, 0.05) is 49.7 Å². The highest BCUT2D eigenvalue weighted by Gasteiger charge is 2.23. The van der Waals surface area contributed by atoms with Crippen LogP contribution in [-0.2, 0) is 0 Å². The minimum Gasteiger partial charge on any atom is -0.456 e. The van der Waals surface area contributed by atoms with Crippen molar-refractivity contribution in [3.63, 3.8) is 0 Å². The van der Waals surface area contributed by atoms with Crippen molar-refractivity contribution in [3.8, 4) is 51.0 Å². The molecule has 0 spiro atoms. The smallest absolute Gasteiger partial charge is 0.164 e. The van der Waals surface area contributed by atoms with Gasteiger partial charge in [-0.3, -0.25) is 0 Å². The maximum absolute atomic E-state index is 6.91. The Hall–Kier alpha value is -8.41. The van der Waals surface area contributed by atoms with E-state index in [1.807, 2.05) is 24.3 Å². The van der Waals surface area contributed by atoms with Gasteiger partial charge in [0.1, 0.15) is 11.2 Å². The van der Waals surface area contributed by atoms with Gasteiger partial charge < -0.3 is 8.98 Å². The zero-order valence-electron chi connectivity index (χ0n) is 33.3. The zero-order valence-corrected chi connectivity index (χ0v) is 33.3. The predicted octanol–water partition coefficient (Wildman–Crippen LogP) is 15.0. The van der Waals surface area contributed by atoms with Crippen LogP contribution in [0.25, 0.3) is 127 Å². The van der Waals surface area contributed by atoms with Crippen molar-refractivity contribution in [3.05, 3.63) is 206 Å². The second-order valence-corrected chi connectivity index (χ2v) is 15.9. The van der Waals surface area contributed by atoms with Crippen molar-refractivity contribution in [1.29, 1.82) is 0 Å². The predicted molar refractivity (Wildman–Crippen MR) is 256 cm³/mol. The third kappa shape index (κ3) is 5.25. The second kappa shape index (κ2) is 13.6. The zero-order chi connectivity index (χ0) is 40.7. The van der Waals surface area contributed by atoms with Crippen LogP contribution in [0.15, 0.2) is 211 Å². The van der Waals surface area contributed by atoms with Gasteiger partial charge in [0.25, 0.3) is 0 Å². The number of hydrogen-bond donors (Lipinski definition) is 0. The average molecular weight is 791 g/mol. The highest BCUT2D eigenvalue weighted by atomic mass is 16.3. The first-order chi connectivity index (χ1) is 30.7. The summed E-state index contributed by atoms with van der Waals surface area (Å²) in [6, 6.07) is 72.6. The molecule has 0 aliphatic carbocycles. The number of fused-ring (bicyclic) bond motifs is 10. The van der Waals surface area contributed by atoms with Crippen LogP contribution in [0.4, 0.5) is 0 Å². The van der Waals surface area contributed by atoms with E-state index < -0.39 is 0 Å². The standard InChI is InChI=1S/C57H34N4O/c1-3-16-35(17-4-1)39-30-31-45(41-23-10-9-22-40(39)41)56-58-55(36-18-5-2-6-19-36)59-57(60-56)46-27-15-29-51-54(46)53-44-26-12-11-24-42(44)50(34-52(53)62-51)61-48-28-14-13-25-43(48)47-32-37-20-7-8-21-38(37)33-49(47)61/h1-34H. The van der Waals surface area contributed by atoms with Crippen molar-refractivity contribution in [2.75, 3.05) is 0 Å². The molecule has 5 nitrogen and oxygen atoms in total. The molecule has 0 atom stereocenters. The summed E-state index contributed by atoms with van der Waals surface area (Å²) >= 11 is 0. The molecule has 3 aromatic heterocycles. The van der Waals surface area contributed by atoms with Crippen molar-refractivity contribution >= 4 is 76.1 Å². The maximum atomic E-state index is 6.91. The minimum atomic E-state index is 0.584. The lowest BCUT2D eigenvalue weighted by molar-refractivity contribution is 0.669. The van der Waals surface area contributed by atoms with Crippen LogP contribution in [0.1, 0.15) is 0 Å². The van der Waals surface area contributed by atoms with Crippen molar-refractivity contribution in [1.82, 2.24) is 19.5 Å². The number of aromatic nitrogens is 4. The molecule has 0 amide bonds. The Labute approximate surface area is 355 Å². The van der Waals surface area contributed by atoms with Crippen LogP contribution < -0.4 is 0 Å². The number of para-hydroxylation sites is 1. The van der Waals surface area contributed by atoms with E-state index in [9.17, 15) is 0 Å². The number of benzene rings is 10. The Morgan fingerprint density at radius 3 is 1.68 bits per heavy atom. The van der Waals surface area contributed by atoms with Crippen LogP contribution in [-0.4, -0.2) is 19.5 Å². The van der Waals surface area contributed by atoms with Gasteiger partial charge >= 0.3 is 0 Å². The molecule has 0 fully saturated rings. The van der Waals surface area contributed by atoms with Gasteiger partial charge in [0.05, 0.1) is 16.7 Å². The Balaban J connectivity index is 1.07. The molecule has 0 aliphatic rings. The quantitative estimate of drug-likeness (QED) is 0.174. The normalized spacial score (nSPS) is 11.9. The fourth-order valence-electron chi connectivity index (χ4n) is 9.64. The van der Waals surface area contributed by atoms with E-state index in [4.69, 9.17) is 19.4 Å². The van der Waals surface area contributed by atoms with E-state index in [1.54, 1.807) is 0 Å². The van der Waals surface area contributed by atoms with Gasteiger partial charge in [0.15, 0.2) is 17.5 Å². The molecule has 3 heterocycles. The van der Waals surface area contributed by atoms with E-state index in [2.05, 4.69) is 187 Å². The van der Waals surface area contributed by atoms with Gasteiger partial charge in [0.2, 0.25) is 0 Å². The summed E-state index contributed by atoms with van der Waals surface area (Å²) < 4.78 is 9.32. The molecule has 0 aliphatic heterocycles. The third-order valence-electron chi connectivity index (χ3n) is 12.4. The molecule has 0 bridgehead atoms. The van der Waals surface area contributed by atoms with Gasteiger partial charge in [-0.05, 0) is 68.4 Å². The van der Waals surface area contributed by atoms with Crippen LogP contribution in [0.5, 0.6) is 0 Å². The molecule has 0 radical (unpaired) electrons. The topological polar surface area (TPSA) is 56.7 Å². The van der Waals surface area contributed by atoms with E-state index >= 15 is 0 Å². The van der Waals surface area contributed by atoms with E-state index in [0.717, 1.165) is 88.0 Å². The Kier molecular flexibility index (Phi) is 7.54. The molecular weight excluding hydrogens is 757 g/mol. The van der Waals surface area contributed by atoms with Crippen molar-refractivity contribution < 1.29 is 4.42 Å². The summed E-state index contributed by atoms with van der Waals surface area (Å²) in [6.07, 6.45) is 0. The van der Waals surface area contributed by atoms with Crippen LogP contribution in [0.2, 0.25) is 0 Å². The molecule has 0 unspecified atom stereocenters. The lowest BCUT2D eigenvalue weighted by Crippen LogP contribution is -2.01. The van der Waals surface area contributed by atoms with Gasteiger partial charge in [-0.15, -0.1) is 0 Å². The molecule has 62 heavy (non-hydrogen) atoms.